The van der Waals surface area contributed by atoms with Gasteiger partial charge in [0.15, 0.2) is 0 Å². The molecule has 1 rings (SSSR count). The molecule has 0 saturated carbocycles. The summed E-state index contributed by atoms with van der Waals surface area (Å²) in [4.78, 5) is 19.2. The zero-order valence-corrected chi connectivity index (χ0v) is 11.6. The number of anilines is 1. The van der Waals surface area contributed by atoms with Crippen molar-refractivity contribution in [1.29, 1.82) is 0 Å². The van der Waals surface area contributed by atoms with Crippen LogP contribution in [0.15, 0.2) is 6.07 Å². The largest absolute Gasteiger partial charge is 0.481 e. The molecule has 0 amide bonds. The summed E-state index contributed by atoms with van der Waals surface area (Å²) >= 11 is 0. The molecule has 1 unspecified atom stereocenters. The van der Waals surface area contributed by atoms with Gasteiger partial charge in [0.1, 0.15) is 11.6 Å². The molecular weight excluding hydrogens is 246 g/mol. The van der Waals surface area contributed by atoms with Crippen LogP contribution in [0.5, 0.6) is 5.88 Å². The van der Waals surface area contributed by atoms with Gasteiger partial charge < -0.3 is 15.2 Å². The molecule has 0 bridgehead atoms. The lowest BCUT2D eigenvalue weighted by Gasteiger charge is -2.17. The Morgan fingerprint density at radius 3 is 2.79 bits per heavy atom. The highest BCUT2D eigenvalue weighted by molar-refractivity contribution is 5.68. The van der Waals surface area contributed by atoms with Gasteiger partial charge in [0, 0.05) is 12.1 Å². The maximum absolute atomic E-state index is 10.8. The molecule has 2 N–H and O–H groups in total. The zero-order chi connectivity index (χ0) is 14.3. The fourth-order valence-electron chi connectivity index (χ4n) is 1.83. The number of hydrogen-bond donors (Lipinski definition) is 2. The Morgan fingerprint density at radius 2 is 2.21 bits per heavy atom. The minimum Gasteiger partial charge on any atom is -0.481 e. The van der Waals surface area contributed by atoms with Gasteiger partial charge in [0.2, 0.25) is 5.88 Å². The van der Waals surface area contributed by atoms with Gasteiger partial charge in [-0.1, -0.05) is 13.3 Å². The fourth-order valence-corrected chi connectivity index (χ4v) is 1.83. The van der Waals surface area contributed by atoms with Gasteiger partial charge in [-0.05, 0) is 20.3 Å². The summed E-state index contributed by atoms with van der Waals surface area (Å²) in [6, 6.07) is 1.56. The van der Waals surface area contributed by atoms with Crippen molar-refractivity contribution < 1.29 is 14.6 Å². The standard InChI is InChI=1S/C13H21N3O3/c1-4-6-10(7-13(17)18)16-11-8-12(19-5-2)15-9(3)14-11/h8,10H,4-7H2,1-3H3,(H,17,18)(H,14,15,16). The highest BCUT2D eigenvalue weighted by Gasteiger charge is 2.13. The lowest BCUT2D eigenvalue weighted by molar-refractivity contribution is -0.137. The first-order valence-electron chi connectivity index (χ1n) is 6.52. The number of aliphatic carboxylic acids is 1. The number of carbonyl (C=O) groups is 1. The number of nitrogens with zero attached hydrogens (tertiary/aromatic N) is 2. The number of nitrogens with one attached hydrogen (secondary N) is 1. The van der Waals surface area contributed by atoms with Crippen molar-refractivity contribution in [3.8, 4) is 5.88 Å². The number of carboxylic acid groups (broad SMARTS) is 1. The average molecular weight is 267 g/mol. The molecule has 0 aliphatic rings. The fraction of sp³-hybridized carbons (Fsp3) is 0.615. The predicted octanol–water partition coefficient (Wildman–Crippen LogP) is 2.24. The Labute approximate surface area is 113 Å². The first kappa shape index (κ1) is 15.2. The van der Waals surface area contributed by atoms with Crippen LogP contribution < -0.4 is 10.1 Å². The highest BCUT2D eigenvalue weighted by atomic mass is 16.5. The van der Waals surface area contributed by atoms with E-state index in [4.69, 9.17) is 9.84 Å². The number of aryl methyl sites for hydroxylation is 1. The monoisotopic (exact) mass is 267 g/mol. The maximum atomic E-state index is 10.8. The Kier molecular flexibility index (Phi) is 6.05. The third-order valence-electron chi connectivity index (χ3n) is 2.52. The quantitative estimate of drug-likeness (QED) is 0.751. The molecule has 0 aromatic carbocycles. The summed E-state index contributed by atoms with van der Waals surface area (Å²) < 4.78 is 5.34. The van der Waals surface area contributed by atoms with E-state index in [0.717, 1.165) is 12.8 Å². The Morgan fingerprint density at radius 1 is 1.47 bits per heavy atom. The minimum atomic E-state index is -0.818. The summed E-state index contributed by atoms with van der Waals surface area (Å²) in [6.07, 6.45) is 1.76. The van der Waals surface area contributed by atoms with Crippen LogP contribution in [0.1, 0.15) is 38.9 Å². The Bertz CT molecular complexity index is 424. The van der Waals surface area contributed by atoms with E-state index in [2.05, 4.69) is 15.3 Å². The normalized spacial score (nSPS) is 11.9. The summed E-state index contributed by atoms with van der Waals surface area (Å²) in [7, 11) is 0. The smallest absolute Gasteiger partial charge is 0.305 e. The van der Waals surface area contributed by atoms with Crippen LogP contribution >= 0.6 is 0 Å². The molecule has 1 aromatic heterocycles. The maximum Gasteiger partial charge on any atom is 0.305 e. The second-order valence-corrected chi connectivity index (χ2v) is 4.30. The molecule has 6 nitrogen and oxygen atoms in total. The van der Waals surface area contributed by atoms with Gasteiger partial charge >= 0.3 is 5.97 Å². The SMILES string of the molecule is CCCC(CC(=O)O)Nc1cc(OCC)nc(C)n1. The van der Waals surface area contributed by atoms with Gasteiger partial charge in [0.25, 0.3) is 0 Å². The van der Waals surface area contributed by atoms with Gasteiger partial charge in [-0.3, -0.25) is 4.79 Å². The van der Waals surface area contributed by atoms with E-state index in [-0.39, 0.29) is 12.5 Å². The molecule has 0 spiro atoms. The average Bonchev–Trinajstić information content (AvgIpc) is 2.27. The van der Waals surface area contributed by atoms with Crippen LogP contribution in [0.25, 0.3) is 0 Å². The topological polar surface area (TPSA) is 84.3 Å². The summed E-state index contributed by atoms with van der Waals surface area (Å²) in [5, 5.41) is 12.0. The van der Waals surface area contributed by atoms with E-state index in [0.29, 0.717) is 24.1 Å². The molecule has 0 aliphatic carbocycles. The van der Waals surface area contributed by atoms with Crippen LogP contribution in [-0.4, -0.2) is 33.7 Å². The van der Waals surface area contributed by atoms with E-state index in [1.165, 1.54) is 0 Å². The van der Waals surface area contributed by atoms with Crippen molar-refractivity contribution in [2.75, 3.05) is 11.9 Å². The zero-order valence-electron chi connectivity index (χ0n) is 11.6. The highest BCUT2D eigenvalue weighted by Crippen LogP contribution is 2.16. The van der Waals surface area contributed by atoms with E-state index >= 15 is 0 Å². The molecule has 1 heterocycles. The second-order valence-electron chi connectivity index (χ2n) is 4.30. The molecule has 0 aliphatic heterocycles. The molecular formula is C13H21N3O3. The van der Waals surface area contributed by atoms with Crippen LogP contribution in [0, 0.1) is 6.92 Å². The summed E-state index contributed by atoms with van der Waals surface area (Å²) in [5.41, 5.74) is 0. The van der Waals surface area contributed by atoms with Crippen LogP contribution in [0.2, 0.25) is 0 Å². The Balaban J connectivity index is 2.79. The van der Waals surface area contributed by atoms with E-state index in [9.17, 15) is 4.79 Å². The predicted molar refractivity (Wildman–Crippen MR) is 72.5 cm³/mol. The molecule has 0 saturated heterocycles. The molecule has 0 radical (unpaired) electrons. The number of rotatable bonds is 8. The number of aromatic nitrogens is 2. The molecule has 6 heteroatoms. The number of carboxylic acids is 1. The van der Waals surface area contributed by atoms with Crippen molar-refractivity contribution >= 4 is 11.8 Å². The number of ether oxygens (including phenoxy) is 1. The molecule has 0 fully saturated rings. The molecule has 19 heavy (non-hydrogen) atoms. The summed E-state index contributed by atoms with van der Waals surface area (Å²) in [6.45, 7) is 6.21. The van der Waals surface area contributed by atoms with Gasteiger partial charge in [-0.15, -0.1) is 0 Å². The van der Waals surface area contributed by atoms with Crippen molar-refractivity contribution in [3.05, 3.63) is 11.9 Å². The van der Waals surface area contributed by atoms with Crippen molar-refractivity contribution in [1.82, 2.24) is 9.97 Å². The van der Waals surface area contributed by atoms with Crippen molar-refractivity contribution in [2.45, 2.75) is 46.1 Å². The van der Waals surface area contributed by atoms with E-state index < -0.39 is 5.97 Å². The third kappa shape index (κ3) is 5.54. The van der Waals surface area contributed by atoms with Crippen LogP contribution in [0.3, 0.4) is 0 Å². The summed E-state index contributed by atoms with van der Waals surface area (Å²) in [5.74, 6) is 0.888. The lowest BCUT2D eigenvalue weighted by Crippen LogP contribution is -2.23. The van der Waals surface area contributed by atoms with Crippen LogP contribution in [0.4, 0.5) is 5.82 Å². The molecule has 1 aromatic rings. The number of hydrogen-bond acceptors (Lipinski definition) is 5. The van der Waals surface area contributed by atoms with Gasteiger partial charge in [-0.2, -0.15) is 4.98 Å². The van der Waals surface area contributed by atoms with Crippen molar-refractivity contribution in [2.24, 2.45) is 0 Å². The van der Waals surface area contributed by atoms with Gasteiger partial charge in [-0.25, -0.2) is 4.98 Å². The van der Waals surface area contributed by atoms with Crippen LogP contribution in [-0.2, 0) is 4.79 Å². The second kappa shape index (κ2) is 7.56. The molecule has 1 atom stereocenters. The van der Waals surface area contributed by atoms with E-state index in [1.807, 2.05) is 13.8 Å². The van der Waals surface area contributed by atoms with Gasteiger partial charge in [0.05, 0.1) is 13.0 Å². The molecule has 106 valence electrons. The van der Waals surface area contributed by atoms with Crippen molar-refractivity contribution in [3.63, 3.8) is 0 Å². The first-order chi connectivity index (χ1) is 9.05. The Hall–Kier alpha value is -1.85. The van der Waals surface area contributed by atoms with E-state index in [1.54, 1.807) is 13.0 Å². The first-order valence-corrected chi connectivity index (χ1v) is 6.52. The lowest BCUT2D eigenvalue weighted by atomic mass is 10.1. The third-order valence-corrected chi connectivity index (χ3v) is 2.52. The minimum absolute atomic E-state index is 0.0703.